The van der Waals surface area contributed by atoms with Gasteiger partial charge in [0.2, 0.25) is 0 Å². The predicted molar refractivity (Wildman–Crippen MR) is 82.8 cm³/mol. The molecule has 0 saturated heterocycles. The van der Waals surface area contributed by atoms with Crippen LogP contribution in [0.25, 0.3) is 0 Å². The second-order valence-corrected chi connectivity index (χ2v) is 5.14. The summed E-state index contributed by atoms with van der Waals surface area (Å²) in [5.41, 5.74) is 8.48. The monoisotopic (exact) mass is 294 g/mol. The van der Waals surface area contributed by atoms with E-state index in [2.05, 4.69) is 10.4 Å². The summed E-state index contributed by atoms with van der Waals surface area (Å²) in [7, 11) is 0. The van der Waals surface area contributed by atoms with Crippen molar-refractivity contribution in [3.8, 4) is 0 Å². The Kier molecular flexibility index (Phi) is 4.39. The molecule has 0 saturated carbocycles. The molecule has 0 atom stereocenters. The Hall–Kier alpha value is -1.59. The molecule has 6 heteroatoms. The number of aryl methyl sites for hydroxylation is 1. The van der Waals surface area contributed by atoms with E-state index in [0.717, 1.165) is 29.9 Å². The van der Waals surface area contributed by atoms with Crippen LogP contribution in [-0.4, -0.2) is 21.3 Å². The van der Waals surface area contributed by atoms with Gasteiger partial charge in [0.05, 0.1) is 12.7 Å². The minimum atomic E-state index is 0.356. The molecule has 2 aromatic rings. The van der Waals surface area contributed by atoms with Crippen molar-refractivity contribution in [3.05, 3.63) is 46.7 Å². The summed E-state index contributed by atoms with van der Waals surface area (Å²) >= 11 is 11.0. The van der Waals surface area contributed by atoms with Crippen molar-refractivity contribution in [3.63, 3.8) is 0 Å². The highest BCUT2D eigenvalue weighted by Gasteiger charge is 2.05. The summed E-state index contributed by atoms with van der Waals surface area (Å²) in [6.45, 7) is 3.49. The molecule has 0 radical (unpaired) electrons. The van der Waals surface area contributed by atoms with Crippen LogP contribution in [0.1, 0.15) is 11.1 Å². The van der Waals surface area contributed by atoms with Crippen molar-refractivity contribution in [2.24, 2.45) is 5.73 Å². The zero-order chi connectivity index (χ0) is 13.8. The molecule has 0 spiro atoms. The smallest absolute Gasteiger partial charge is 0.106 e. The minimum Gasteiger partial charge on any atom is -0.389 e. The first kappa shape index (κ1) is 13.8. The lowest BCUT2D eigenvalue weighted by Gasteiger charge is -2.11. The van der Waals surface area contributed by atoms with Crippen LogP contribution in [0.3, 0.4) is 0 Å². The highest BCUT2D eigenvalue weighted by Crippen LogP contribution is 2.20. The Bertz CT molecular complexity index is 594. The first-order chi connectivity index (χ1) is 9.06. The summed E-state index contributed by atoms with van der Waals surface area (Å²) in [5.74, 6) is 0. The maximum absolute atomic E-state index is 5.98. The predicted octanol–water partition coefficient (Wildman–Crippen LogP) is 2.59. The number of benzene rings is 1. The Balaban J connectivity index is 2.02. The Morgan fingerprint density at radius 2 is 2.32 bits per heavy atom. The number of rotatable bonds is 5. The van der Waals surface area contributed by atoms with Gasteiger partial charge in [-0.25, -0.2) is 0 Å². The van der Waals surface area contributed by atoms with E-state index < -0.39 is 0 Å². The zero-order valence-corrected chi connectivity index (χ0v) is 12.1. The molecule has 100 valence electrons. The number of aromatic nitrogens is 2. The summed E-state index contributed by atoms with van der Waals surface area (Å²) in [5, 5.41) is 8.15. The van der Waals surface area contributed by atoms with Crippen LogP contribution in [0.15, 0.2) is 30.6 Å². The number of nitrogens with two attached hydrogens (primary N) is 1. The third-order valence-electron chi connectivity index (χ3n) is 2.67. The van der Waals surface area contributed by atoms with Gasteiger partial charge >= 0.3 is 0 Å². The lowest BCUT2D eigenvalue weighted by atomic mass is 10.2. The molecule has 0 fully saturated rings. The number of anilines is 1. The van der Waals surface area contributed by atoms with Crippen LogP contribution < -0.4 is 11.1 Å². The number of nitrogens with one attached hydrogen (secondary N) is 1. The van der Waals surface area contributed by atoms with Gasteiger partial charge in [0.1, 0.15) is 4.99 Å². The van der Waals surface area contributed by atoms with E-state index in [9.17, 15) is 0 Å². The summed E-state index contributed by atoms with van der Waals surface area (Å²) in [4.78, 5) is 0.356. The second kappa shape index (κ2) is 6.04. The lowest BCUT2D eigenvalue weighted by molar-refractivity contribution is 0.637. The van der Waals surface area contributed by atoms with Gasteiger partial charge in [-0.15, -0.1) is 0 Å². The number of hydrogen-bond donors (Lipinski definition) is 2. The van der Waals surface area contributed by atoms with E-state index in [1.54, 1.807) is 6.07 Å². The summed E-state index contributed by atoms with van der Waals surface area (Å²) < 4.78 is 1.88. The Morgan fingerprint density at radius 1 is 1.53 bits per heavy atom. The molecule has 1 aromatic heterocycles. The number of thiocarbonyl (C=S) groups is 1. The van der Waals surface area contributed by atoms with E-state index in [1.807, 2.05) is 36.1 Å². The molecule has 0 amide bonds. The SMILES string of the molecule is Cc1cnn(CCNc2cc(Cl)ccc2C(N)=S)c1. The van der Waals surface area contributed by atoms with Gasteiger partial charge in [-0.1, -0.05) is 23.8 Å². The Morgan fingerprint density at radius 3 is 2.95 bits per heavy atom. The van der Waals surface area contributed by atoms with E-state index in [0.29, 0.717) is 10.0 Å². The molecule has 1 aromatic carbocycles. The third-order valence-corrected chi connectivity index (χ3v) is 3.12. The van der Waals surface area contributed by atoms with Gasteiger partial charge < -0.3 is 11.1 Å². The maximum Gasteiger partial charge on any atom is 0.106 e. The van der Waals surface area contributed by atoms with Crippen LogP contribution in [0.5, 0.6) is 0 Å². The largest absolute Gasteiger partial charge is 0.389 e. The van der Waals surface area contributed by atoms with Crippen molar-refractivity contribution in [1.82, 2.24) is 9.78 Å². The summed E-state index contributed by atoms with van der Waals surface area (Å²) in [6.07, 6.45) is 3.83. The molecule has 0 bridgehead atoms. The average molecular weight is 295 g/mol. The lowest BCUT2D eigenvalue weighted by Crippen LogP contribution is -2.16. The first-order valence-corrected chi connectivity index (χ1v) is 6.67. The van der Waals surface area contributed by atoms with E-state index >= 15 is 0 Å². The van der Waals surface area contributed by atoms with Gasteiger partial charge in [-0.3, -0.25) is 4.68 Å². The Labute approximate surface area is 122 Å². The van der Waals surface area contributed by atoms with Gasteiger partial charge in [0, 0.05) is 29.0 Å². The van der Waals surface area contributed by atoms with Crippen LogP contribution in [-0.2, 0) is 6.54 Å². The van der Waals surface area contributed by atoms with Crippen molar-refractivity contribution in [2.45, 2.75) is 13.5 Å². The second-order valence-electron chi connectivity index (χ2n) is 4.26. The van der Waals surface area contributed by atoms with Crippen LogP contribution in [0.4, 0.5) is 5.69 Å². The molecule has 0 aliphatic heterocycles. The van der Waals surface area contributed by atoms with E-state index in [-0.39, 0.29) is 0 Å². The maximum atomic E-state index is 5.98. The average Bonchev–Trinajstić information content (AvgIpc) is 2.75. The number of hydrogen-bond acceptors (Lipinski definition) is 3. The zero-order valence-electron chi connectivity index (χ0n) is 10.6. The van der Waals surface area contributed by atoms with E-state index in [4.69, 9.17) is 29.6 Å². The van der Waals surface area contributed by atoms with Crippen LogP contribution >= 0.6 is 23.8 Å². The fraction of sp³-hybridized carbons (Fsp3) is 0.231. The fourth-order valence-electron chi connectivity index (χ4n) is 1.77. The van der Waals surface area contributed by atoms with Crippen LogP contribution in [0.2, 0.25) is 5.02 Å². The molecule has 0 aliphatic rings. The molecule has 4 nitrogen and oxygen atoms in total. The topological polar surface area (TPSA) is 55.9 Å². The van der Waals surface area contributed by atoms with Crippen molar-refractivity contribution < 1.29 is 0 Å². The third kappa shape index (κ3) is 3.68. The molecule has 0 aliphatic carbocycles. The number of halogens is 1. The molecule has 1 heterocycles. The molecule has 2 rings (SSSR count). The normalized spacial score (nSPS) is 10.4. The molecule has 0 unspecified atom stereocenters. The fourth-order valence-corrected chi connectivity index (χ4v) is 2.12. The number of nitrogens with zero attached hydrogens (tertiary/aromatic N) is 2. The molecular formula is C13H15ClN4S. The van der Waals surface area contributed by atoms with Crippen LogP contribution in [0, 0.1) is 6.92 Å². The van der Waals surface area contributed by atoms with Gasteiger partial charge in [-0.2, -0.15) is 5.10 Å². The molecule has 19 heavy (non-hydrogen) atoms. The van der Waals surface area contributed by atoms with Crippen molar-refractivity contribution in [1.29, 1.82) is 0 Å². The van der Waals surface area contributed by atoms with Gasteiger partial charge in [0.15, 0.2) is 0 Å². The molecule has 3 N–H and O–H groups in total. The minimum absolute atomic E-state index is 0.356. The quantitative estimate of drug-likeness (QED) is 0.832. The highest BCUT2D eigenvalue weighted by molar-refractivity contribution is 7.80. The van der Waals surface area contributed by atoms with Crippen molar-refractivity contribution in [2.75, 3.05) is 11.9 Å². The molecular weight excluding hydrogens is 280 g/mol. The van der Waals surface area contributed by atoms with E-state index in [1.165, 1.54) is 0 Å². The first-order valence-electron chi connectivity index (χ1n) is 5.88. The van der Waals surface area contributed by atoms with Gasteiger partial charge in [-0.05, 0) is 30.7 Å². The highest BCUT2D eigenvalue weighted by atomic mass is 35.5. The van der Waals surface area contributed by atoms with Gasteiger partial charge in [0.25, 0.3) is 0 Å². The standard InChI is InChI=1S/C13H15ClN4S/c1-9-7-17-18(8-9)5-4-16-12-6-10(14)2-3-11(12)13(15)19/h2-3,6-8,16H,4-5H2,1H3,(H2,15,19). The summed E-state index contributed by atoms with van der Waals surface area (Å²) in [6, 6.07) is 5.42. The van der Waals surface area contributed by atoms with Crippen molar-refractivity contribution >= 4 is 34.5 Å².